The number of pyridine rings is 3. The van der Waals surface area contributed by atoms with Crippen molar-refractivity contribution >= 4 is 23.2 Å². The Morgan fingerprint density at radius 1 is 1.13 bits per heavy atom. The lowest BCUT2D eigenvalue weighted by Gasteiger charge is -2.39. The molecule has 3 aromatic heterocycles. The van der Waals surface area contributed by atoms with E-state index >= 15 is 0 Å². The summed E-state index contributed by atoms with van der Waals surface area (Å²) in [7, 11) is 0. The molecular weight excluding hydrogens is 416 g/mol. The first-order valence-electron chi connectivity index (χ1n) is 9.86. The summed E-state index contributed by atoms with van der Waals surface area (Å²) >= 11 is 5.81. The average Bonchev–Trinajstić information content (AvgIpc) is 2.69. The molecular formula is C23H23ClN4O3. The molecule has 31 heavy (non-hydrogen) atoms. The minimum Gasteiger partial charge on any atom is -0.386 e. The number of halogens is 1. The minimum atomic E-state index is -1.03. The van der Waals surface area contributed by atoms with Gasteiger partial charge in [-0.3, -0.25) is 14.8 Å². The van der Waals surface area contributed by atoms with Crippen molar-refractivity contribution in [2.75, 3.05) is 18.5 Å². The van der Waals surface area contributed by atoms with Crippen LogP contribution >= 0.6 is 11.6 Å². The average molecular weight is 439 g/mol. The van der Waals surface area contributed by atoms with Gasteiger partial charge in [0.25, 0.3) is 0 Å². The molecule has 0 saturated carbocycles. The summed E-state index contributed by atoms with van der Waals surface area (Å²) in [4.78, 5) is 26.0. The SMILES string of the molecule is Cc1cc(C(C)(C)O)c(-c2ccc(C3(C(=O)Nc4ccc(Cl)nc4)COC3)nc2)cn1. The van der Waals surface area contributed by atoms with Gasteiger partial charge in [-0.15, -0.1) is 0 Å². The van der Waals surface area contributed by atoms with Crippen LogP contribution in [0.1, 0.15) is 30.8 Å². The summed E-state index contributed by atoms with van der Waals surface area (Å²) in [6, 6.07) is 8.90. The van der Waals surface area contributed by atoms with Crippen molar-refractivity contribution in [1.29, 1.82) is 0 Å². The van der Waals surface area contributed by atoms with Gasteiger partial charge in [-0.25, -0.2) is 4.98 Å². The maximum atomic E-state index is 13.0. The molecule has 1 saturated heterocycles. The van der Waals surface area contributed by atoms with Gasteiger partial charge < -0.3 is 15.2 Å². The third-order valence-electron chi connectivity index (χ3n) is 5.38. The van der Waals surface area contributed by atoms with Crippen LogP contribution in [0.2, 0.25) is 5.15 Å². The highest BCUT2D eigenvalue weighted by atomic mass is 35.5. The fourth-order valence-electron chi connectivity index (χ4n) is 3.53. The molecule has 1 amide bonds. The molecule has 0 aromatic carbocycles. The molecule has 7 nitrogen and oxygen atoms in total. The van der Waals surface area contributed by atoms with Gasteiger partial charge in [-0.05, 0) is 50.6 Å². The summed E-state index contributed by atoms with van der Waals surface area (Å²) < 4.78 is 5.38. The van der Waals surface area contributed by atoms with Crippen LogP contribution in [0.4, 0.5) is 5.69 Å². The van der Waals surface area contributed by atoms with Gasteiger partial charge in [0.15, 0.2) is 0 Å². The second-order valence-corrected chi connectivity index (χ2v) is 8.65. The quantitative estimate of drug-likeness (QED) is 0.590. The number of hydrogen-bond donors (Lipinski definition) is 2. The Morgan fingerprint density at radius 3 is 2.45 bits per heavy atom. The molecule has 0 unspecified atom stereocenters. The highest BCUT2D eigenvalue weighted by Crippen LogP contribution is 2.35. The summed E-state index contributed by atoms with van der Waals surface area (Å²) in [6.07, 6.45) is 4.95. The standard InChI is InChI=1S/C23H23ClN4O3/c1-14-8-18(22(2,3)30)17(11-25-14)15-4-6-19(26-9-15)23(12-31-13-23)21(29)28-16-5-7-20(24)27-10-16/h4-11,30H,12-13H2,1-3H3,(H,28,29). The van der Waals surface area contributed by atoms with E-state index in [1.165, 1.54) is 6.20 Å². The van der Waals surface area contributed by atoms with E-state index in [-0.39, 0.29) is 19.1 Å². The van der Waals surface area contributed by atoms with E-state index in [1.54, 1.807) is 38.4 Å². The molecule has 0 spiro atoms. The fourth-order valence-corrected chi connectivity index (χ4v) is 3.65. The van der Waals surface area contributed by atoms with Crippen LogP contribution < -0.4 is 5.32 Å². The summed E-state index contributed by atoms with van der Waals surface area (Å²) in [6.45, 7) is 5.85. The lowest BCUT2D eigenvalue weighted by molar-refractivity contribution is -0.140. The third kappa shape index (κ3) is 4.17. The lowest BCUT2D eigenvalue weighted by atomic mass is 9.80. The number of nitrogens with zero attached hydrogens (tertiary/aromatic N) is 3. The van der Waals surface area contributed by atoms with Crippen molar-refractivity contribution in [2.45, 2.75) is 31.8 Å². The number of aliphatic hydroxyl groups is 1. The van der Waals surface area contributed by atoms with Crippen LogP contribution in [0.5, 0.6) is 0 Å². The van der Waals surface area contributed by atoms with Crippen LogP contribution in [0, 0.1) is 6.92 Å². The number of aryl methyl sites for hydroxylation is 1. The van der Waals surface area contributed by atoms with E-state index in [0.717, 1.165) is 22.4 Å². The zero-order valence-electron chi connectivity index (χ0n) is 17.5. The molecule has 4 heterocycles. The molecule has 0 atom stereocenters. The van der Waals surface area contributed by atoms with Crippen LogP contribution in [-0.4, -0.2) is 39.2 Å². The number of hydrogen-bond acceptors (Lipinski definition) is 6. The molecule has 4 rings (SSSR count). The number of ether oxygens (including phenoxy) is 1. The monoisotopic (exact) mass is 438 g/mol. The van der Waals surface area contributed by atoms with E-state index in [4.69, 9.17) is 16.3 Å². The first-order valence-corrected chi connectivity index (χ1v) is 10.2. The van der Waals surface area contributed by atoms with Gasteiger partial charge >= 0.3 is 0 Å². The Balaban J connectivity index is 1.63. The fraction of sp³-hybridized carbons (Fsp3) is 0.304. The van der Waals surface area contributed by atoms with E-state index < -0.39 is 11.0 Å². The van der Waals surface area contributed by atoms with Crippen LogP contribution in [0.15, 0.2) is 48.9 Å². The second-order valence-electron chi connectivity index (χ2n) is 8.26. The normalized spacial score (nSPS) is 15.3. The molecule has 0 aliphatic carbocycles. The van der Waals surface area contributed by atoms with E-state index in [2.05, 4.69) is 20.3 Å². The Morgan fingerprint density at radius 2 is 1.90 bits per heavy atom. The number of rotatable bonds is 5. The van der Waals surface area contributed by atoms with Crippen LogP contribution in [0.3, 0.4) is 0 Å². The Labute approximate surface area is 185 Å². The summed E-state index contributed by atoms with van der Waals surface area (Å²) in [5, 5.41) is 13.8. The van der Waals surface area contributed by atoms with E-state index in [9.17, 15) is 9.90 Å². The molecule has 0 bridgehead atoms. The van der Waals surface area contributed by atoms with Gasteiger partial charge in [0, 0.05) is 29.2 Å². The van der Waals surface area contributed by atoms with Crippen molar-refractivity contribution in [3.05, 3.63) is 71.0 Å². The largest absolute Gasteiger partial charge is 0.386 e. The first kappa shape index (κ1) is 21.4. The molecule has 3 aromatic rings. The van der Waals surface area contributed by atoms with Crippen molar-refractivity contribution < 1.29 is 14.6 Å². The first-order chi connectivity index (χ1) is 14.7. The number of amides is 1. The number of nitrogens with one attached hydrogen (secondary N) is 1. The molecule has 8 heteroatoms. The van der Waals surface area contributed by atoms with Gasteiger partial charge in [0.1, 0.15) is 10.6 Å². The van der Waals surface area contributed by atoms with Crippen LogP contribution in [0.25, 0.3) is 11.1 Å². The van der Waals surface area contributed by atoms with Crippen molar-refractivity contribution in [2.24, 2.45) is 0 Å². The molecule has 0 radical (unpaired) electrons. The number of aromatic nitrogens is 3. The topological polar surface area (TPSA) is 97.2 Å². The zero-order valence-corrected chi connectivity index (χ0v) is 18.3. The molecule has 1 aliphatic rings. The maximum Gasteiger partial charge on any atom is 0.241 e. The molecule has 1 aliphatic heterocycles. The predicted octanol–water partition coefficient (Wildman–Crippen LogP) is 3.63. The number of carbonyl (C=O) groups excluding carboxylic acids is 1. The summed E-state index contributed by atoms with van der Waals surface area (Å²) in [5.41, 5.74) is 2.47. The zero-order chi connectivity index (χ0) is 22.2. The Hall–Kier alpha value is -2.87. The predicted molar refractivity (Wildman–Crippen MR) is 118 cm³/mol. The van der Waals surface area contributed by atoms with Crippen molar-refractivity contribution in [3.8, 4) is 11.1 Å². The van der Waals surface area contributed by atoms with Crippen LogP contribution in [-0.2, 0) is 20.5 Å². The minimum absolute atomic E-state index is 0.211. The number of anilines is 1. The van der Waals surface area contributed by atoms with Gasteiger partial charge in [-0.2, -0.15) is 0 Å². The van der Waals surface area contributed by atoms with E-state index in [0.29, 0.717) is 16.5 Å². The highest BCUT2D eigenvalue weighted by Gasteiger charge is 2.49. The third-order valence-corrected chi connectivity index (χ3v) is 5.61. The second kappa shape index (κ2) is 8.00. The van der Waals surface area contributed by atoms with E-state index in [1.807, 2.05) is 25.1 Å². The van der Waals surface area contributed by atoms with Gasteiger partial charge in [0.2, 0.25) is 5.91 Å². The van der Waals surface area contributed by atoms with Crippen molar-refractivity contribution in [1.82, 2.24) is 15.0 Å². The van der Waals surface area contributed by atoms with Crippen molar-refractivity contribution in [3.63, 3.8) is 0 Å². The summed E-state index contributed by atoms with van der Waals surface area (Å²) in [5.74, 6) is -0.211. The van der Waals surface area contributed by atoms with Gasteiger partial charge in [-0.1, -0.05) is 17.7 Å². The molecule has 160 valence electrons. The number of carbonyl (C=O) groups is 1. The smallest absolute Gasteiger partial charge is 0.241 e. The maximum absolute atomic E-state index is 13.0. The Kier molecular flexibility index (Phi) is 5.51. The van der Waals surface area contributed by atoms with Gasteiger partial charge in [0.05, 0.1) is 36.4 Å². The highest BCUT2D eigenvalue weighted by molar-refractivity contribution is 6.29. The Bertz CT molecular complexity index is 1110. The lowest BCUT2D eigenvalue weighted by Crippen LogP contribution is -2.56. The molecule has 2 N–H and O–H groups in total. The molecule has 1 fully saturated rings.